The highest BCUT2D eigenvalue weighted by molar-refractivity contribution is 6.36. The Balaban J connectivity index is 1.35. The molecule has 0 unspecified atom stereocenters. The molecule has 0 spiro atoms. The number of piperazine rings is 1. The lowest BCUT2D eigenvalue weighted by Crippen LogP contribution is -2.51. The van der Waals surface area contributed by atoms with Crippen molar-refractivity contribution in [1.29, 1.82) is 0 Å². The van der Waals surface area contributed by atoms with Crippen LogP contribution in [0.25, 0.3) is 0 Å². The molecule has 0 bridgehead atoms. The SMILES string of the molecule is O=C(CN1CCN(C(=O)c2ccc(Cl)cc2Cl)CC1)NCCCN1CCCC1=O. The number of nitrogens with one attached hydrogen (secondary N) is 1. The van der Waals surface area contributed by atoms with E-state index in [1.807, 2.05) is 9.80 Å². The molecule has 3 amide bonds. The van der Waals surface area contributed by atoms with Gasteiger partial charge in [0.1, 0.15) is 0 Å². The molecule has 0 aliphatic carbocycles. The van der Waals surface area contributed by atoms with E-state index in [1.54, 1.807) is 23.1 Å². The van der Waals surface area contributed by atoms with Gasteiger partial charge in [-0.25, -0.2) is 0 Å². The van der Waals surface area contributed by atoms with Crippen molar-refractivity contribution in [3.63, 3.8) is 0 Å². The second-order valence-corrected chi connectivity index (χ2v) is 8.22. The van der Waals surface area contributed by atoms with Gasteiger partial charge in [0.05, 0.1) is 17.1 Å². The summed E-state index contributed by atoms with van der Waals surface area (Å²) in [6.45, 7) is 4.76. The molecule has 2 heterocycles. The van der Waals surface area contributed by atoms with Gasteiger partial charge in [0, 0.05) is 57.3 Å². The number of amides is 3. The summed E-state index contributed by atoms with van der Waals surface area (Å²) in [6, 6.07) is 4.86. The summed E-state index contributed by atoms with van der Waals surface area (Å²) in [5, 5.41) is 3.75. The van der Waals surface area contributed by atoms with Gasteiger partial charge >= 0.3 is 0 Å². The van der Waals surface area contributed by atoms with Crippen molar-refractivity contribution >= 4 is 40.9 Å². The predicted molar refractivity (Wildman–Crippen MR) is 112 cm³/mol. The van der Waals surface area contributed by atoms with Gasteiger partial charge < -0.3 is 15.1 Å². The molecule has 1 N–H and O–H groups in total. The molecule has 3 rings (SSSR count). The largest absolute Gasteiger partial charge is 0.355 e. The Morgan fingerprint density at radius 1 is 1.07 bits per heavy atom. The zero-order chi connectivity index (χ0) is 20.8. The third kappa shape index (κ3) is 6.07. The maximum Gasteiger partial charge on any atom is 0.255 e. The molecule has 0 atom stereocenters. The van der Waals surface area contributed by atoms with Crippen molar-refractivity contribution in [1.82, 2.24) is 20.0 Å². The molecule has 2 saturated heterocycles. The summed E-state index contributed by atoms with van der Waals surface area (Å²) in [7, 11) is 0. The number of carbonyl (C=O) groups is 3. The molecule has 0 aromatic heterocycles. The topological polar surface area (TPSA) is 73.0 Å². The number of hydrogen-bond donors (Lipinski definition) is 1. The fourth-order valence-electron chi connectivity index (χ4n) is 3.64. The van der Waals surface area contributed by atoms with E-state index in [4.69, 9.17) is 23.2 Å². The normalized spacial score (nSPS) is 17.7. The Hall–Kier alpha value is -1.83. The number of halogens is 2. The van der Waals surface area contributed by atoms with Gasteiger partial charge in [0.15, 0.2) is 0 Å². The van der Waals surface area contributed by atoms with Crippen molar-refractivity contribution in [3.8, 4) is 0 Å². The molecule has 7 nitrogen and oxygen atoms in total. The van der Waals surface area contributed by atoms with Gasteiger partial charge in [0.25, 0.3) is 5.91 Å². The number of rotatable bonds is 7. The molecule has 2 aliphatic heterocycles. The monoisotopic (exact) mass is 440 g/mol. The van der Waals surface area contributed by atoms with E-state index in [0.717, 1.165) is 19.4 Å². The molecule has 2 aliphatic rings. The standard InChI is InChI=1S/C20H26Cl2N4O3/c21-15-4-5-16(17(22)13-15)20(29)26-11-9-24(10-12-26)14-18(27)23-6-2-8-25-7-1-3-19(25)28/h4-5,13H,1-3,6-12,14H2,(H,23,27). The van der Waals surface area contributed by atoms with Crippen molar-refractivity contribution < 1.29 is 14.4 Å². The summed E-state index contributed by atoms with van der Waals surface area (Å²) in [5.74, 6) is 0.0640. The maximum absolute atomic E-state index is 12.6. The summed E-state index contributed by atoms with van der Waals surface area (Å²) in [5.41, 5.74) is 0.443. The third-order valence-corrected chi connectivity index (χ3v) is 5.83. The minimum atomic E-state index is -0.118. The fraction of sp³-hybridized carbons (Fsp3) is 0.550. The Bertz CT molecular complexity index is 766. The number of hydrogen-bond acceptors (Lipinski definition) is 4. The Labute approximate surface area is 180 Å². The van der Waals surface area contributed by atoms with Gasteiger partial charge in [-0.1, -0.05) is 23.2 Å². The van der Waals surface area contributed by atoms with E-state index in [1.165, 1.54) is 0 Å². The Morgan fingerprint density at radius 2 is 1.83 bits per heavy atom. The highest BCUT2D eigenvalue weighted by atomic mass is 35.5. The maximum atomic E-state index is 12.6. The minimum Gasteiger partial charge on any atom is -0.355 e. The lowest BCUT2D eigenvalue weighted by atomic mass is 10.1. The van der Waals surface area contributed by atoms with E-state index in [0.29, 0.717) is 67.8 Å². The lowest BCUT2D eigenvalue weighted by molar-refractivity contribution is -0.127. The Morgan fingerprint density at radius 3 is 2.48 bits per heavy atom. The van der Waals surface area contributed by atoms with Crippen molar-refractivity contribution in [2.75, 3.05) is 52.4 Å². The molecule has 158 valence electrons. The molecule has 9 heteroatoms. The second-order valence-electron chi connectivity index (χ2n) is 7.38. The van der Waals surface area contributed by atoms with E-state index in [9.17, 15) is 14.4 Å². The molecular formula is C20H26Cl2N4O3. The van der Waals surface area contributed by atoms with Crippen LogP contribution in [-0.2, 0) is 9.59 Å². The van der Waals surface area contributed by atoms with Crippen molar-refractivity contribution in [2.45, 2.75) is 19.3 Å². The van der Waals surface area contributed by atoms with E-state index in [-0.39, 0.29) is 17.7 Å². The van der Waals surface area contributed by atoms with Crippen LogP contribution in [0, 0.1) is 0 Å². The van der Waals surface area contributed by atoms with Crippen LogP contribution in [0.2, 0.25) is 10.0 Å². The summed E-state index contributed by atoms with van der Waals surface area (Å²) in [4.78, 5) is 42.0. The predicted octanol–water partition coefficient (Wildman–Crippen LogP) is 1.88. The quantitative estimate of drug-likeness (QED) is 0.656. The van der Waals surface area contributed by atoms with Crippen LogP contribution in [0.1, 0.15) is 29.6 Å². The zero-order valence-electron chi connectivity index (χ0n) is 16.3. The molecular weight excluding hydrogens is 415 g/mol. The number of nitrogens with zero attached hydrogens (tertiary/aromatic N) is 3. The van der Waals surface area contributed by atoms with E-state index in [2.05, 4.69) is 5.32 Å². The first-order chi connectivity index (χ1) is 13.9. The van der Waals surface area contributed by atoms with Crippen LogP contribution < -0.4 is 5.32 Å². The van der Waals surface area contributed by atoms with Crippen molar-refractivity contribution in [3.05, 3.63) is 33.8 Å². The van der Waals surface area contributed by atoms with E-state index < -0.39 is 0 Å². The second kappa shape index (κ2) is 10.3. The van der Waals surface area contributed by atoms with Gasteiger partial charge in [-0.2, -0.15) is 0 Å². The van der Waals surface area contributed by atoms with Crippen LogP contribution in [0.4, 0.5) is 0 Å². The number of benzene rings is 1. The Kier molecular flexibility index (Phi) is 7.75. The first-order valence-corrected chi connectivity index (χ1v) is 10.7. The summed E-state index contributed by atoms with van der Waals surface area (Å²) < 4.78 is 0. The molecule has 2 fully saturated rings. The molecule has 1 aromatic carbocycles. The zero-order valence-corrected chi connectivity index (χ0v) is 17.8. The molecule has 29 heavy (non-hydrogen) atoms. The fourth-order valence-corrected chi connectivity index (χ4v) is 4.13. The van der Waals surface area contributed by atoms with Crippen molar-refractivity contribution in [2.24, 2.45) is 0 Å². The third-order valence-electron chi connectivity index (χ3n) is 5.29. The average Bonchev–Trinajstić information content (AvgIpc) is 3.10. The average molecular weight is 441 g/mol. The van der Waals surface area contributed by atoms with Crippen LogP contribution in [0.3, 0.4) is 0 Å². The van der Waals surface area contributed by atoms with Gasteiger partial charge in [0.2, 0.25) is 11.8 Å². The van der Waals surface area contributed by atoms with Crippen LogP contribution >= 0.6 is 23.2 Å². The van der Waals surface area contributed by atoms with Crippen LogP contribution in [-0.4, -0.2) is 84.8 Å². The van der Waals surface area contributed by atoms with E-state index >= 15 is 0 Å². The highest BCUT2D eigenvalue weighted by Gasteiger charge is 2.24. The molecule has 1 aromatic rings. The first kappa shape index (κ1) is 21.9. The number of carbonyl (C=O) groups excluding carboxylic acids is 3. The summed E-state index contributed by atoms with van der Waals surface area (Å²) in [6.07, 6.45) is 2.34. The summed E-state index contributed by atoms with van der Waals surface area (Å²) >= 11 is 12.0. The van der Waals surface area contributed by atoms with Gasteiger partial charge in [-0.15, -0.1) is 0 Å². The minimum absolute atomic E-state index is 0.0294. The van der Waals surface area contributed by atoms with Crippen LogP contribution in [0.15, 0.2) is 18.2 Å². The molecule has 0 radical (unpaired) electrons. The smallest absolute Gasteiger partial charge is 0.255 e. The lowest BCUT2D eigenvalue weighted by Gasteiger charge is -2.34. The first-order valence-electron chi connectivity index (χ1n) is 9.95. The van der Waals surface area contributed by atoms with Crippen LogP contribution in [0.5, 0.6) is 0 Å². The van der Waals surface area contributed by atoms with Gasteiger partial charge in [-0.05, 0) is 31.0 Å². The molecule has 0 saturated carbocycles. The number of likely N-dealkylation sites (tertiary alicyclic amines) is 1. The highest BCUT2D eigenvalue weighted by Crippen LogP contribution is 2.22. The van der Waals surface area contributed by atoms with Gasteiger partial charge in [-0.3, -0.25) is 19.3 Å².